The van der Waals surface area contributed by atoms with Gasteiger partial charge in [0.2, 0.25) is 0 Å². The van der Waals surface area contributed by atoms with E-state index in [1.807, 2.05) is 18.2 Å². The van der Waals surface area contributed by atoms with Crippen molar-refractivity contribution in [2.24, 2.45) is 0 Å². The van der Waals surface area contributed by atoms with Gasteiger partial charge in [-0.3, -0.25) is 0 Å². The van der Waals surface area contributed by atoms with Crippen LogP contribution in [0, 0.1) is 0 Å². The summed E-state index contributed by atoms with van der Waals surface area (Å²) in [6, 6.07) is 5.70. The molecule has 1 aromatic heterocycles. The van der Waals surface area contributed by atoms with Crippen molar-refractivity contribution >= 4 is 22.6 Å². The molecule has 0 aliphatic rings. The standard InChI is InChI=1S/C14H17ClN2/c1-3-5-11-12(6-4-2)17-14-9-10(15)7-8-13(14)16-11/h7-9H,3-6H2,1-2H3. The summed E-state index contributed by atoms with van der Waals surface area (Å²) in [7, 11) is 0. The Hall–Kier alpha value is -1.15. The van der Waals surface area contributed by atoms with Gasteiger partial charge >= 0.3 is 0 Å². The summed E-state index contributed by atoms with van der Waals surface area (Å²) in [6.45, 7) is 4.34. The molecule has 0 unspecified atom stereocenters. The molecule has 0 fully saturated rings. The predicted molar refractivity (Wildman–Crippen MR) is 72.5 cm³/mol. The van der Waals surface area contributed by atoms with E-state index >= 15 is 0 Å². The van der Waals surface area contributed by atoms with Gasteiger partial charge in [0, 0.05) is 5.02 Å². The molecule has 0 radical (unpaired) electrons. The highest BCUT2D eigenvalue weighted by atomic mass is 35.5. The lowest BCUT2D eigenvalue weighted by atomic mass is 10.1. The summed E-state index contributed by atoms with van der Waals surface area (Å²) in [5, 5.41) is 0.720. The van der Waals surface area contributed by atoms with Crippen LogP contribution >= 0.6 is 11.6 Å². The van der Waals surface area contributed by atoms with E-state index in [0.29, 0.717) is 0 Å². The highest BCUT2D eigenvalue weighted by Crippen LogP contribution is 2.19. The Morgan fingerprint density at radius 3 is 2.12 bits per heavy atom. The summed E-state index contributed by atoms with van der Waals surface area (Å²) in [6.07, 6.45) is 4.19. The van der Waals surface area contributed by atoms with E-state index in [2.05, 4.69) is 13.8 Å². The fraction of sp³-hybridized carbons (Fsp3) is 0.429. The van der Waals surface area contributed by atoms with Crippen LogP contribution in [0.1, 0.15) is 38.1 Å². The average molecular weight is 249 g/mol. The first-order valence-electron chi connectivity index (χ1n) is 6.19. The topological polar surface area (TPSA) is 25.8 Å². The zero-order valence-electron chi connectivity index (χ0n) is 10.3. The van der Waals surface area contributed by atoms with E-state index in [9.17, 15) is 0 Å². The van der Waals surface area contributed by atoms with Gasteiger partial charge in [0.25, 0.3) is 0 Å². The Morgan fingerprint density at radius 2 is 1.53 bits per heavy atom. The number of hydrogen-bond acceptors (Lipinski definition) is 2. The largest absolute Gasteiger partial charge is 0.249 e. The monoisotopic (exact) mass is 248 g/mol. The number of rotatable bonds is 4. The minimum atomic E-state index is 0.720. The molecular formula is C14H17ClN2. The fourth-order valence-electron chi connectivity index (χ4n) is 1.97. The van der Waals surface area contributed by atoms with Gasteiger partial charge in [-0.1, -0.05) is 38.3 Å². The van der Waals surface area contributed by atoms with Crippen LogP contribution in [0.5, 0.6) is 0 Å². The molecule has 2 aromatic rings. The second kappa shape index (κ2) is 5.46. The molecule has 0 spiro atoms. The van der Waals surface area contributed by atoms with Gasteiger partial charge in [0.1, 0.15) is 0 Å². The third-order valence-corrected chi connectivity index (χ3v) is 2.99. The zero-order valence-corrected chi connectivity index (χ0v) is 11.1. The molecule has 17 heavy (non-hydrogen) atoms. The molecular weight excluding hydrogens is 232 g/mol. The highest BCUT2D eigenvalue weighted by Gasteiger charge is 2.07. The van der Waals surface area contributed by atoms with Crippen LogP contribution in [0.25, 0.3) is 11.0 Å². The van der Waals surface area contributed by atoms with Crippen molar-refractivity contribution in [3.05, 3.63) is 34.6 Å². The van der Waals surface area contributed by atoms with Crippen LogP contribution in [0.15, 0.2) is 18.2 Å². The van der Waals surface area contributed by atoms with E-state index in [4.69, 9.17) is 21.6 Å². The first-order chi connectivity index (χ1) is 8.24. The fourth-order valence-corrected chi connectivity index (χ4v) is 2.14. The summed E-state index contributed by atoms with van der Waals surface area (Å²) in [5.41, 5.74) is 4.12. The number of nitrogens with zero attached hydrogens (tertiary/aromatic N) is 2. The van der Waals surface area contributed by atoms with Crippen molar-refractivity contribution in [2.75, 3.05) is 0 Å². The molecule has 2 nitrogen and oxygen atoms in total. The van der Waals surface area contributed by atoms with Crippen molar-refractivity contribution in [2.45, 2.75) is 39.5 Å². The minimum Gasteiger partial charge on any atom is -0.249 e. The molecule has 1 aromatic carbocycles. The highest BCUT2D eigenvalue weighted by molar-refractivity contribution is 6.31. The van der Waals surface area contributed by atoms with Crippen LogP contribution in [0.4, 0.5) is 0 Å². The van der Waals surface area contributed by atoms with Gasteiger partial charge in [0.15, 0.2) is 0 Å². The summed E-state index contributed by atoms with van der Waals surface area (Å²) < 4.78 is 0. The van der Waals surface area contributed by atoms with Gasteiger partial charge in [-0.05, 0) is 31.0 Å². The maximum absolute atomic E-state index is 5.98. The van der Waals surface area contributed by atoms with E-state index in [1.165, 1.54) is 0 Å². The Morgan fingerprint density at radius 1 is 0.941 bits per heavy atom. The predicted octanol–water partition coefficient (Wildman–Crippen LogP) is 4.19. The lowest BCUT2D eigenvalue weighted by Gasteiger charge is -2.08. The lowest BCUT2D eigenvalue weighted by Crippen LogP contribution is -2.02. The molecule has 0 amide bonds. The third kappa shape index (κ3) is 2.75. The van der Waals surface area contributed by atoms with Crippen molar-refractivity contribution in [1.29, 1.82) is 0 Å². The van der Waals surface area contributed by atoms with E-state index in [-0.39, 0.29) is 0 Å². The van der Waals surface area contributed by atoms with Gasteiger partial charge in [-0.15, -0.1) is 0 Å². The molecule has 90 valence electrons. The van der Waals surface area contributed by atoms with Crippen LogP contribution in [0.3, 0.4) is 0 Å². The molecule has 0 saturated heterocycles. The van der Waals surface area contributed by atoms with E-state index in [1.54, 1.807) is 0 Å². The molecule has 2 rings (SSSR count). The third-order valence-electron chi connectivity index (χ3n) is 2.76. The Kier molecular flexibility index (Phi) is 3.95. The van der Waals surface area contributed by atoms with Crippen molar-refractivity contribution < 1.29 is 0 Å². The molecule has 1 heterocycles. The maximum Gasteiger partial charge on any atom is 0.0905 e. The van der Waals surface area contributed by atoms with Crippen LogP contribution < -0.4 is 0 Å². The maximum atomic E-state index is 5.98. The van der Waals surface area contributed by atoms with Crippen molar-refractivity contribution in [1.82, 2.24) is 9.97 Å². The lowest BCUT2D eigenvalue weighted by molar-refractivity contribution is 0.809. The number of aromatic nitrogens is 2. The van der Waals surface area contributed by atoms with Crippen LogP contribution in [0.2, 0.25) is 5.02 Å². The quantitative estimate of drug-likeness (QED) is 0.811. The second-order valence-electron chi connectivity index (χ2n) is 4.25. The smallest absolute Gasteiger partial charge is 0.0905 e. The Labute approximate surface area is 107 Å². The van der Waals surface area contributed by atoms with E-state index < -0.39 is 0 Å². The molecule has 0 aliphatic carbocycles. The normalized spacial score (nSPS) is 11.0. The summed E-state index contributed by atoms with van der Waals surface area (Å²) >= 11 is 5.98. The van der Waals surface area contributed by atoms with Crippen LogP contribution in [-0.2, 0) is 12.8 Å². The van der Waals surface area contributed by atoms with Gasteiger partial charge in [0.05, 0.1) is 22.4 Å². The summed E-state index contributed by atoms with van der Waals surface area (Å²) in [4.78, 5) is 9.40. The average Bonchev–Trinajstić information content (AvgIpc) is 2.31. The van der Waals surface area contributed by atoms with Gasteiger partial charge in [-0.25, -0.2) is 9.97 Å². The molecule has 0 bridgehead atoms. The summed E-state index contributed by atoms with van der Waals surface area (Å²) in [5.74, 6) is 0. The Bertz CT molecular complexity index is 523. The van der Waals surface area contributed by atoms with Crippen LogP contribution in [-0.4, -0.2) is 9.97 Å². The molecule has 0 aliphatic heterocycles. The number of benzene rings is 1. The van der Waals surface area contributed by atoms with Crippen molar-refractivity contribution in [3.8, 4) is 0 Å². The molecule has 3 heteroatoms. The van der Waals surface area contributed by atoms with Gasteiger partial charge in [-0.2, -0.15) is 0 Å². The molecule has 0 saturated carbocycles. The minimum absolute atomic E-state index is 0.720. The molecule has 0 N–H and O–H groups in total. The van der Waals surface area contributed by atoms with E-state index in [0.717, 1.165) is 53.1 Å². The first-order valence-corrected chi connectivity index (χ1v) is 6.57. The number of aryl methyl sites for hydroxylation is 2. The second-order valence-corrected chi connectivity index (χ2v) is 4.69. The number of hydrogen-bond donors (Lipinski definition) is 0. The number of fused-ring (bicyclic) bond motifs is 1. The Balaban J connectivity index is 2.55. The van der Waals surface area contributed by atoms with Gasteiger partial charge < -0.3 is 0 Å². The van der Waals surface area contributed by atoms with Crippen molar-refractivity contribution in [3.63, 3.8) is 0 Å². The SMILES string of the molecule is CCCc1nc2ccc(Cl)cc2nc1CCC. The first kappa shape index (κ1) is 12.3. The molecule has 0 atom stereocenters. The zero-order chi connectivity index (χ0) is 12.3. The number of halogens is 1.